The Balaban J connectivity index is 2.14. The molecule has 1 fully saturated rings. The van der Waals surface area contributed by atoms with Gasteiger partial charge in [-0.05, 0) is 37.7 Å². The summed E-state index contributed by atoms with van der Waals surface area (Å²) in [6.45, 7) is 14.2. The zero-order valence-electron chi connectivity index (χ0n) is 12.9. The van der Waals surface area contributed by atoms with Crippen LogP contribution in [0.3, 0.4) is 0 Å². The number of hydrogen-bond acceptors (Lipinski definition) is 0. The van der Waals surface area contributed by atoms with Crippen LogP contribution in [-0.2, 0) is 0 Å². The third kappa shape index (κ3) is 1.21. The van der Waals surface area contributed by atoms with E-state index >= 15 is 0 Å². The standard InChI is InChI=1S/C17H26N/c1-11-16(5,6)13-10-17(15(2,3)4)9-12(17)8-14(13)18(11)7/h8,10,12H,9H2,1-7H3/q+1/t12?,17-/m0/s1. The van der Waals surface area contributed by atoms with Gasteiger partial charge in [-0.1, -0.05) is 26.8 Å². The smallest absolute Gasteiger partial charge is 0.202 e. The Morgan fingerprint density at radius 2 is 1.89 bits per heavy atom. The molecule has 1 saturated carbocycles. The Morgan fingerprint density at radius 1 is 1.28 bits per heavy atom. The van der Waals surface area contributed by atoms with E-state index in [1.807, 2.05) is 0 Å². The molecule has 3 rings (SSSR count). The fourth-order valence-electron chi connectivity index (χ4n) is 3.96. The first-order valence-corrected chi connectivity index (χ1v) is 7.14. The summed E-state index contributed by atoms with van der Waals surface area (Å²) in [5, 5.41) is 0. The third-order valence-electron chi connectivity index (χ3n) is 5.93. The molecule has 0 radical (unpaired) electrons. The zero-order valence-corrected chi connectivity index (χ0v) is 12.9. The normalized spacial score (nSPS) is 36.9. The number of rotatable bonds is 0. The van der Waals surface area contributed by atoms with Crippen molar-refractivity contribution in [3.8, 4) is 0 Å². The minimum atomic E-state index is 0.201. The van der Waals surface area contributed by atoms with Crippen molar-refractivity contribution in [3.05, 3.63) is 23.4 Å². The monoisotopic (exact) mass is 244 g/mol. The molecule has 18 heavy (non-hydrogen) atoms. The lowest BCUT2D eigenvalue weighted by Crippen LogP contribution is -2.27. The minimum Gasteiger partial charge on any atom is -0.202 e. The van der Waals surface area contributed by atoms with Crippen LogP contribution in [0.5, 0.6) is 0 Å². The van der Waals surface area contributed by atoms with Crippen LogP contribution in [0.2, 0.25) is 0 Å². The lowest BCUT2D eigenvalue weighted by atomic mass is 9.69. The Hall–Kier alpha value is -0.850. The van der Waals surface area contributed by atoms with E-state index in [0.717, 1.165) is 5.92 Å². The second-order valence-corrected chi connectivity index (χ2v) is 7.98. The van der Waals surface area contributed by atoms with Gasteiger partial charge in [-0.2, -0.15) is 0 Å². The van der Waals surface area contributed by atoms with Gasteiger partial charge in [0.2, 0.25) is 5.70 Å². The number of allylic oxidation sites excluding steroid dienone is 3. The van der Waals surface area contributed by atoms with Crippen molar-refractivity contribution in [1.29, 1.82) is 0 Å². The summed E-state index contributed by atoms with van der Waals surface area (Å²) in [7, 11) is 2.22. The number of fused-ring (bicyclic) bond motifs is 2. The molecule has 0 aromatic carbocycles. The maximum absolute atomic E-state index is 2.62. The summed E-state index contributed by atoms with van der Waals surface area (Å²) in [4.78, 5) is 0. The molecule has 0 aromatic heterocycles. The maximum Gasteiger partial charge on any atom is 0.205 e. The molecule has 0 N–H and O–H groups in total. The van der Waals surface area contributed by atoms with E-state index in [4.69, 9.17) is 0 Å². The Morgan fingerprint density at radius 3 is 2.44 bits per heavy atom. The molecule has 1 unspecified atom stereocenters. The van der Waals surface area contributed by atoms with E-state index < -0.39 is 0 Å². The van der Waals surface area contributed by atoms with Gasteiger partial charge in [0.05, 0.1) is 5.41 Å². The fourth-order valence-corrected chi connectivity index (χ4v) is 3.96. The van der Waals surface area contributed by atoms with Gasteiger partial charge in [0, 0.05) is 17.9 Å². The van der Waals surface area contributed by atoms with E-state index in [1.165, 1.54) is 17.8 Å². The summed E-state index contributed by atoms with van der Waals surface area (Å²) in [5.41, 5.74) is 5.51. The van der Waals surface area contributed by atoms with Crippen LogP contribution in [0, 0.1) is 22.2 Å². The van der Waals surface area contributed by atoms with Gasteiger partial charge in [-0.3, -0.25) is 0 Å². The van der Waals surface area contributed by atoms with E-state index in [9.17, 15) is 0 Å². The molecule has 0 saturated heterocycles. The molecule has 1 heteroatoms. The van der Waals surface area contributed by atoms with Crippen LogP contribution in [0.15, 0.2) is 23.4 Å². The summed E-state index contributed by atoms with van der Waals surface area (Å²) >= 11 is 0. The van der Waals surface area contributed by atoms with Crippen LogP contribution < -0.4 is 0 Å². The van der Waals surface area contributed by atoms with Crippen molar-refractivity contribution in [3.63, 3.8) is 0 Å². The van der Waals surface area contributed by atoms with Gasteiger partial charge in [-0.25, -0.2) is 4.58 Å². The van der Waals surface area contributed by atoms with E-state index in [0.29, 0.717) is 10.8 Å². The maximum atomic E-state index is 2.62. The second kappa shape index (κ2) is 3.00. The highest BCUT2D eigenvalue weighted by atomic mass is 15.0. The topological polar surface area (TPSA) is 3.01 Å². The van der Waals surface area contributed by atoms with Crippen LogP contribution in [0.4, 0.5) is 0 Å². The largest absolute Gasteiger partial charge is 0.205 e. The van der Waals surface area contributed by atoms with Crippen LogP contribution in [0.25, 0.3) is 0 Å². The van der Waals surface area contributed by atoms with Gasteiger partial charge in [0.15, 0.2) is 5.71 Å². The molecule has 98 valence electrons. The Labute approximate surface area is 111 Å². The van der Waals surface area contributed by atoms with Gasteiger partial charge >= 0.3 is 0 Å². The van der Waals surface area contributed by atoms with Crippen LogP contribution in [0.1, 0.15) is 48.0 Å². The predicted molar refractivity (Wildman–Crippen MR) is 76.8 cm³/mol. The zero-order chi connectivity index (χ0) is 13.5. The molecular formula is C17H26N+. The second-order valence-electron chi connectivity index (χ2n) is 7.98. The third-order valence-corrected chi connectivity index (χ3v) is 5.93. The van der Waals surface area contributed by atoms with Crippen molar-refractivity contribution in [2.45, 2.75) is 48.0 Å². The van der Waals surface area contributed by atoms with Crippen molar-refractivity contribution in [2.75, 3.05) is 7.05 Å². The molecule has 0 aromatic rings. The molecule has 1 aliphatic heterocycles. The van der Waals surface area contributed by atoms with Crippen molar-refractivity contribution in [1.82, 2.24) is 0 Å². The first kappa shape index (κ1) is 12.2. The highest BCUT2D eigenvalue weighted by Gasteiger charge is 2.63. The molecule has 1 heterocycles. The van der Waals surface area contributed by atoms with Crippen LogP contribution >= 0.6 is 0 Å². The number of nitrogens with zero attached hydrogens (tertiary/aromatic N) is 1. The fraction of sp³-hybridized carbons (Fsp3) is 0.706. The van der Waals surface area contributed by atoms with Gasteiger partial charge in [0.25, 0.3) is 0 Å². The van der Waals surface area contributed by atoms with Gasteiger partial charge in [-0.15, -0.1) is 0 Å². The van der Waals surface area contributed by atoms with Crippen molar-refractivity contribution in [2.24, 2.45) is 22.2 Å². The highest BCUT2D eigenvalue weighted by molar-refractivity contribution is 5.90. The number of hydrogen-bond donors (Lipinski definition) is 0. The van der Waals surface area contributed by atoms with Crippen LogP contribution in [-0.4, -0.2) is 17.3 Å². The lowest BCUT2D eigenvalue weighted by Gasteiger charge is -2.32. The molecule has 2 atom stereocenters. The number of likely N-dealkylation sites (N-methyl/N-ethyl adjacent to an activating group) is 1. The molecular weight excluding hydrogens is 218 g/mol. The Kier molecular flexibility index (Phi) is 2.03. The predicted octanol–water partition coefficient (Wildman–Crippen LogP) is 4.01. The summed E-state index contributed by atoms with van der Waals surface area (Å²) in [5.74, 6) is 0.764. The first-order chi connectivity index (χ1) is 8.11. The average Bonchev–Trinajstić information content (AvgIpc) is 2.95. The molecule has 1 nitrogen and oxygen atoms in total. The van der Waals surface area contributed by atoms with E-state index in [1.54, 1.807) is 5.57 Å². The molecule has 3 aliphatic rings. The average molecular weight is 244 g/mol. The van der Waals surface area contributed by atoms with Crippen molar-refractivity contribution < 1.29 is 4.58 Å². The summed E-state index contributed by atoms with van der Waals surface area (Å²) in [6.07, 6.45) is 6.51. The quantitative estimate of drug-likeness (QED) is 0.566. The van der Waals surface area contributed by atoms with E-state index in [2.05, 4.69) is 65.3 Å². The molecule has 0 spiro atoms. The first-order valence-electron chi connectivity index (χ1n) is 7.14. The van der Waals surface area contributed by atoms with Gasteiger partial charge in [0.1, 0.15) is 7.05 Å². The summed E-state index contributed by atoms with van der Waals surface area (Å²) < 4.78 is 2.40. The molecule has 0 amide bonds. The van der Waals surface area contributed by atoms with Crippen molar-refractivity contribution >= 4 is 5.71 Å². The SMILES string of the molecule is CC1=[N+](C)C2=CC3C[C@]3(C(C)(C)C)C=C2C1(C)C. The molecule has 2 aliphatic carbocycles. The lowest BCUT2D eigenvalue weighted by molar-refractivity contribution is -0.436. The van der Waals surface area contributed by atoms with E-state index in [-0.39, 0.29) is 5.41 Å². The summed E-state index contributed by atoms with van der Waals surface area (Å²) in [6, 6.07) is 0. The van der Waals surface area contributed by atoms with Gasteiger partial charge < -0.3 is 0 Å². The Bertz CT molecular complexity index is 522. The highest BCUT2D eigenvalue weighted by Crippen LogP contribution is 2.68. The minimum absolute atomic E-state index is 0.201. The molecule has 0 bridgehead atoms.